The van der Waals surface area contributed by atoms with E-state index >= 15 is 0 Å². The minimum atomic E-state index is -0.346. The summed E-state index contributed by atoms with van der Waals surface area (Å²) in [5.41, 5.74) is 3.28. The van der Waals surface area contributed by atoms with Gasteiger partial charge in [-0.3, -0.25) is 9.59 Å². The molecule has 0 unspecified atom stereocenters. The molecule has 0 spiro atoms. The second-order valence-electron chi connectivity index (χ2n) is 7.03. The Hall–Kier alpha value is -3.48. The van der Waals surface area contributed by atoms with E-state index in [1.807, 2.05) is 6.92 Å². The van der Waals surface area contributed by atoms with Gasteiger partial charge in [0, 0.05) is 30.1 Å². The molecular formula is C23H24FN3O3. The van der Waals surface area contributed by atoms with Crippen LogP contribution in [0.15, 0.2) is 42.6 Å². The molecule has 0 aliphatic carbocycles. The van der Waals surface area contributed by atoms with E-state index in [2.05, 4.69) is 15.3 Å². The third-order valence-corrected chi connectivity index (χ3v) is 4.66. The molecule has 0 aliphatic heterocycles. The van der Waals surface area contributed by atoms with Crippen molar-refractivity contribution in [1.29, 1.82) is 0 Å². The zero-order chi connectivity index (χ0) is 21.7. The maximum absolute atomic E-state index is 13.0. The molecule has 0 bridgehead atoms. The van der Waals surface area contributed by atoms with Crippen molar-refractivity contribution in [1.82, 2.24) is 15.3 Å². The van der Waals surface area contributed by atoms with Crippen LogP contribution in [0.4, 0.5) is 4.39 Å². The molecule has 0 saturated carbocycles. The molecule has 156 valence electrons. The lowest BCUT2D eigenvalue weighted by molar-refractivity contribution is 0.0945. The number of carbonyl (C=O) groups excluding carboxylic acids is 2. The van der Waals surface area contributed by atoms with Gasteiger partial charge in [-0.25, -0.2) is 9.37 Å². The maximum atomic E-state index is 13.0. The molecule has 0 saturated heterocycles. The molecule has 1 aromatic carbocycles. The minimum absolute atomic E-state index is 0.0528. The summed E-state index contributed by atoms with van der Waals surface area (Å²) in [7, 11) is 0. The quantitative estimate of drug-likeness (QED) is 0.527. The van der Waals surface area contributed by atoms with Crippen molar-refractivity contribution < 1.29 is 18.7 Å². The number of benzene rings is 1. The van der Waals surface area contributed by atoms with Crippen LogP contribution >= 0.6 is 0 Å². The summed E-state index contributed by atoms with van der Waals surface area (Å²) in [6.07, 6.45) is 3.05. The van der Waals surface area contributed by atoms with E-state index in [1.54, 1.807) is 25.3 Å². The normalized spacial score (nSPS) is 10.7. The first-order valence-corrected chi connectivity index (χ1v) is 9.78. The van der Waals surface area contributed by atoms with Crippen LogP contribution in [0.3, 0.4) is 0 Å². The number of amides is 1. The summed E-state index contributed by atoms with van der Waals surface area (Å²) in [6, 6.07) is 9.12. The summed E-state index contributed by atoms with van der Waals surface area (Å²) in [5.74, 6) is 0.138. The summed E-state index contributed by atoms with van der Waals surface area (Å²) in [5, 5.41) is 2.88. The van der Waals surface area contributed by atoms with Gasteiger partial charge < -0.3 is 15.0 Å². The molecule has 7 heteroatoms. The molecule has 2 aromatic heterocycles. The molecule has 0 fully saturated rings. The number of aromatic nitrogens is 2. The number of aryl methyl sites for hydroxylation is 1. The topological polar surface area (TPSA) is 84.1 Å². The second-order valence-corrected chi connectivity index (χ2v) is 7.03. The number of halogens is 1. The van der Waals surface area contributed by atoms with Gasteiger partial charge in [-0.15, -0.1) is 0 Å². The molecule has 30 heavy (non-hydrogen) atoms. The molecular weight excluding hydrogens is 385 g/mol. The number of H-pyrrole nitrogens is 1. The highest BCUT2D eigenvalue weighted by molar-refractivity contribution is 6.02. The van der Waals surface area contributed by atoms with Gasteiger partial charge in [-0.05, 0) is 61.7 Å². The number of hydrogen-bond acceptors (Lipinski definition) is 4. The Bertz CT molecular complexity index is 1060. The molecule has 3 rings (SSSR count). The zero-order valence-electron chi connectivity index (χ0n) is 17.2. The second kappa shape index (κ2) is 9.35. The predicted molar refractivity (Wildman–Crippen MR) is 111 cm³/mol. The van der Waals surface area contributed by atoms with Gasteiger partial charge in [0.15, 0.2) is 5.78 Å². The average molecular weight is 409 g/mol. The van der Waals surface area contributed by atoms with Crippen LogP contribution in [-0.4, -0.2) is 21.7 Å². The van der Waals surface area contributed by atoms with Crippen molar-refractivity contribution in [2.75, 3.05) is 0 Å². The predicted octanol–water partition coefficient (Wildman–Crippen LogP) is 4.73. The van der Waals surface area contributed by atoms with Crippen molar-refractivity contribution in [2.45, 2.75) is 40.2 Å². The van der Waals surface area contributed by atoms with Crippen molar-refractivity contribution in [3.05, 3.63) is 76.5 Å². The molecule has 0 aliphatic rings. The Morgan fingerprint density at radius 1 is 1.20 bits per heavy atom. The zero-order valence-corrected chi connectivity index (χ0v) is 17.2. The molecule has 0 atom stereocenters. The van der Waals surface area contributed by atoms with E-state index < -0.39 is 0 Å². The highest BCUT2D eigenvalue weighted by Gasteiger charge is 2.22. The third kappa shape index (κ3) is 4.92. The Balaban J connectivity index is 1.71. The average Bonchev–Trinajstić information content (AvgIpc) is 3.05. The van der Waals surface area contributed by atoms with Crippen LogP contribution in [0.1, 0.15) is 57.9 Å². The molecule has 2 heterocycles. The van der Waals surface area contributed by atoms with Gasteiger partial charge in [0.25, 0.3) is 5.91 Å². The SMILES string of the molecule is CCCc1c(C(=O)NCc2ccnc(Oc3ccc(F)cc3)c2)[nH]c(C)c1C(C)=O. The minimum Gasteiger partial charge on any atom is -0.439 e. The molecule has 6 nitrogen and oxygen atoms in total. The summed E-state index contributed by atoms with van der Waals surface area (Å²) >= 11 is 0. The van der Waals surface area contributed by atoms with Crippen LogP contribution in [0.5, 0.6) is 11.6 Å². The maximum Gasteiger partial charge on any atom is 0.268 e. The van der Waals surface area contributed by atoms with Gasteiger partial charge >= 0.3 is 0 Å². The number of carbonyl (C=O) groups is 2. The standard InChI is InChI=1S/C23H24FN3O3/c1-4-5-19-21(15(3)28)14(2)27-22(19)23(29)26-13-16-10-11-25-20(12-16)30-18-8-6-17(24)7-9-18/h6-12,27H,4-5,13H2,1-3H3,(H,26,29). The first-order chi connectivity index (χ1) is 14.4. The van der Waals surface area contributed by atoms with Gasteiger partial charge in [0.1, 0.15) is 17.3 Å². The lowest BCUT2D eigenvalue weighted by Crippen LogP contribution is -2.24. The van der Waals surface area contributed by atoms with Crippen LogP contribution in [0.2, 0.25) is 0 Å². The smallest absolute Gasteiger partial charge is 0.268 e. The fraction of sp³-hybridized carbons (Fsp3) is 0.261. The van der Waals surface area contributed by atoms with E-state index in [4.69, 9.17) is 4.74 Å². The van der Waals surface area contributed by atoms with E-state index in [-0.39, 0.29) is 24.1 Å². The Kier molecular flexibility index (Phi) is 6.61. The van der Waals surface area contributed by atoms with Gasteiger partial charge in [0.05, 0.1) is 0 Å². The number of ether oxygens (including phenoxy) is 1. The Morgan fingerprint density at radius 2 is 1.93 bits per heavy atom. The molecule has 2 N–H and O–H groups in total. The van der Waals surface area contributed by atoms with Crippen molar-refractivity contribution >= 4 is 11.7 Å². The fourth-order valence-electron chi connectivity index (χ4n) is 3.36. The Morgan fingerprint density at radius 3 is 2.60 bits per heavy atom. The number of hydrogen-bond donors (Lipinski definition) is 2. The number of pyridine rings is 1. The monoisotopic (exact) mass is 409 g/mol. The number of aromatic amines is 1. The van der Waals surface area contributed by atoms with Gasteiger partial charge in [-0.1, -0.05) is 13.3 Å². The van der Waals surface area contributed by atoms with E-state index in [0.29, 0.717) is 35.0 Å². The largest absolute Gasteiger partial charge is 0.439 e. The summed E-state index contributed by atoms with van der Waals surface area (Å²) < 4.78 is 18.6. The number of nitrogens with one attached hydrogen (secondary N) is 2. The Labute approximate surface area is 174 Å². The number of ketones is 1. The first kappa shape index (κ1) is 21.2. The first-order valence-electron chi connectivity index (χ1n) is 9.78. The highest BCUT2D eigenvalue weighted by Crippen LogP contribution is 2.22. The number of nitrogens with zero attached hydrogens (tertiary/aromatic N) is 1. The van der Waals surface area contributed by atoms with Crippen LogP contribution in [0.25, 0.3) is 0 Å². The molecule has 1 amide bonds. The number of rotatable bonds is 8. The van der Waals surface area contributed by atoms with Crippen LogP contribution in [0, 0.1) is 12.7 Å². The number of Topliss-reactive ketones (excluding diaryl/α,β-unsaturated/α-hetero) is 1. The lowest BCUT2D eigenvalue weighted by atomic mass is 10.0. The van der Waals surface area contributed by atoms with Crippen molar-refractivity contribution in [3.8, 4) is 11.6 Å². The van der Waals surface area contributed by atoms with Crippen molar-refractivity contribution in [2.24, 2.45) is 0 Å². The summed E-state index contributed by atoms with van der Waals surface area (Å²) in [6.45, 7) is 5.58. The third-order valence-electron chi connectivity index (χ3n) is 4.66. The van der Waals surface area contributed by atoms with Crippen molar-refractivity contribution in [3.63, 3.8) is 0 Å². The van der Waals surface area contributed by atoms with Crippen LogP contribution in [-0.2, 0) is 13.0 Å². The van der Waals surface area contributed by atoms with E-state index in [9.17, 15) is 14.0 Å². The summed E-state index contributed by atoms with van der Waals surface area (Å²) in [4.78, 5) is 32.0. The van der Waals surface area contributed by atoms with Gasteiger partial charge in [-0.2, -0.15) is 0 Å². The van der Waals surface area contributed by atoms with E-state index in [1.165, 1.54) is 31.2 Å². The van der Waals surface area contributed by atoms with Crippen LogP contribution < -0.4 is 10.1 Å². The lowest BCUT2D eigenvalue weighted by Gasteiger charge is -2.09. The molecule has 3 aromatic rings. The molecule has 0 radical (unpaired) electrons. The van der Waals surface area contributed by atoms with Gasteiger partial charge in [0.2, 0.25) is 5.88 Å². The fourth-order valence-corrected chi connectivity index (χ4v) is 3.36. The highest BCUT2D eigenvalue weighted by atomic mass is 19.1. The van der Waals surface area contributed by atoms with E-state index in [0.717, 1.165) is 17.5 Å².